The van der Waals surface area contributed by atoms with Crippen LogP contribution in [0.15, 0.2) is 6.07 Å². The summed E-state index contributed by atoms with van der Waals surface area (Å²) in [6.45, 7) is 6.51. The van der Waals surface area contributed by atoms with Crippen molar-refractivity contribution in [1.29, 1.82) is 0 Å². The minimum atomic E-state index is 0.597. The van der Waals surface area contributed by atoms with Crippen molar-refractivity contribution in [2.45, 2.75) is 51.9 Å². The molecule has 0 amide bonds. The number of anilines is 2. The quantitative estimate of drug-likeness (QED) is 0.760. The molecule has 20 heavy (non-hydrogen) atoms. The summed E-state index contributed by atoms with van der Waals surface area (Å²) in [4.78, 5) is 9.34. The van der Waals surface area contributed by atoms with E-state index < -0.39 is 0 Å². The van der Waals surface area contributed by atoms with Crippen LogP contribution < -0.4 is 10.6 Å². The van der Waals surface area contributed by atoms with Crippen LogP contribution in [0.3, 0.4) is 0 Å². The van der Waals surface area contributed by atoms with Crippen molar-refractivity contribution in [2.75, 3.05) is 23.7 Å². The average molecular weight is 274 g/mol. The van der Waals surface area contributed by atoms with Gasteiger partial charge in [-0.2, -0.15) is 0 Å². The van der Waals surface area contributed by atoms with E-state index in [1.165, 1.54) is 25.7 Å². The third-order valence-corrected chi connectivity index (χ3v) is 4.27. The maximum Gasteiger partial charge on any atom is 0.136 e. The Hall–Kier alpha value is -1.32. The van der Waals surface area contributed by atoms with Crippen molar-refractivity contribution >= 4 is 11.6 Å². The van der Waals surface area contributed by atoms with Crippen molar-refractivity contribution < 1.29 is 0 Å². The van der Waals surface area contributed by atoms with E-state index in [-0.39, 0.29) is 0 Å². The summed E-state index contributed by atoms with van der Waals surface area (Å²) in [5.41, 5.74) is 0. The summed E-state index contributed by atoms with van der Waals surface area (Å²) in [7, 11) is 0. The van der Waals surface area contributed by atoms with Gasteiger partial charge in [0.25, 0.3) is 0 Å². The van der Waals surface area contributed by atoms with Gasteiger partial charge in [0.05, 0.1) is 0 Å². The van der Waals surface area contributed by atoms with Crippen LogP contribution in [0.1, 0.15) is 57.7 Å². The Balaban J connectivity index is 1.65. The number of aromatic nitrogens is 2. The molecule has 2 saturated carbocycles. The molecule has 2 N–H and O–H groups in total. The highest BCUT2D eigenvalue weighted by molar-refractivity contribution is 5.48. The van der Waals surface area contributed by atoms with Gasteiger partial charge in [-0.3, -0.25) is 0 Å². The van der Waals surface area contributed by atoms with Gasteiger partial charge >= 0.3 is 0 Å². The lowest BCUT2D eigenvalue weighted by Gasteiger charge is -2.14. The van der Waals surface area contributed by atoms with E-state index in [1.54, 1.807) is 0 Å². The second-order valence-corrected chi connectivity index (χ2v) is 6.39. The molecule has 0 spiro atoms. The summed E-state index contributed by atoms with van der Waals surface area (Å²) >= 11 is 0. The Morgan fingerprint density at radius 3 is 2.45 bits per heavy atom. The molecule has 1 heterocycles. The molecule has 3 rings (SSSR count). The maximum atomic E-state index is 4.69. The summed E-state index contributed by atoms with van der Waals surface area (Å²) < 4.78 is 0. The van der Waals surface area contributed by atoms with E-state index in [4.69, 9.17) is 4.98 Å². The summed E-state index contributed by atoms with van der Waals surface area (Å²) in [5, 5.41) is 6.90. The molecule has 0 aliphatic heterocycles. The Morgan fingerprint density at radius 1 is 1.15 bits per heavy atom. The van der Waals surface area contributed by atoms with Crippen molar-refractivity contribution in [3.8, 4) is 0 Å². The number of hydrogen-bond donors (Lipinski definition) is 2. The second kappa shape index (κ2) is 5.98. The number of hydrogen-bond acceptors (Lipinski definition) is 4. The average Bonchev–Trinajstić information content (AvgIpc) is 3.31. The lowest BCUT2D eigenvalue weighted by molar-refractivity contribution is 0.535. The van der Waals surface area contributed by atoms with Gasteiger partial charge < -0.3 is 10.6 Å². The first-order chi connectivity index (χ1) is 9.76. The van der Waals surface area contributed by atoms with Crippen LogP contribution in [0, 0.1) is 11.8 Å². The molecule has 4 heteroatoms. The highest BCUT2D eigenvalue weighted by atomic mass is 15.1. The molecule has 1 aromatic heterocycles. The molecule has 0 radical (unpaired) electrons. The second-order valence-electron chi connectivity index (χ2n) is 6.39. The van der Waals surface area contributed by atoms with Gasteiger partial charge in [-0.15, -0.1) is 0 Å². The first-order valence-electron chi connectivity index (χ1n) is 8.13. The van der Waals surface area contributed by atoms with Gasteiger partial charge in [-0.1, -0.05) is 13.8 Å². The molecule has 2 fully saturated rings. The molecule has 0 aromatic carbocycles. The zero-order chi connectivity index (χ0) is 13.9. The number of nitrogens with zero attached hydrogens (tertiary/aromatic N) is 2. The van der Waals surface area contributed by atoms with Crippen molar-refractivity contribution in [3.05, 3.63) is 11.9 Å². The lowest BCUT2D eigenvalue weighted by atomic mass is 10.1. The van der Waals surface area contributed by atoms with Crippen LogP contribution in [0.2, 0.25) is 0 Å². The molecule has 2 aliphatic carbocycles. The maximum absolute atomic E-state index is 4.69. The highest BCUT2D eigenvalue weighted by Gasteiger charge is 2.29. The summed E-state index contributed by atoms with van der Waals surface area (Å²) in [6, 6.07) is 2.06. The molecule has 1 unspecified atom stereocenters. The SMILES string of the molecule is CCCNc1cc(NCC(C)C2CC2)nc(C2CC2)n1. The molecular weight excluding hydrogens is 248 g/mol. The molecule has 2 aliphatic rings. The zero-order valence-corrected chi connectivity index (χ0v) is 12.7. The van der Waals surface area contributed by atoms with E-state index in [0.29, 0.717) is 5.92 Å². The van der Waals surface area contributed by atoms with Crippen LogP contribution in [0.4, 0.5) is 11.6 Å². The largest absolute Gasteiger partial charge is 0.370 e. The van der Waals surface area contributed by atoms with Gasteiger partial charge in [0.1, 0.15) is 17.5 Å². The fourth-order valence-electron chi connectivity index (χ4n) is 2.52. The van der Waals surface area contributed by atoms with Gasteiger partial charge in [-0.25, -0.2) is 9.97 Å². The van der Waals surface area contributed by atoms with E-state index in [9.17, 15) is 0 Å². The van der Waals surface area contributed by atoms with Gasteiger partial charge in [0.15, 0.2) is 0 Å². The van der Waals surface area contributed by atoms with Crippen LogP contribution in [-0.4, -0.2) is 23.1 Å². The molecule has 4 nitrogen and oxygen atoms in total. The van der Waals surface area contributed by atoms with Crippen molar-refractivity contribution in [1.82, 2.24) is 9.97 Å². The summed E-state index contributed by atoms with van der Waals surface area (Å²) in [6.07, 6.45) is 6.42. The summed E-state index contributed by atoms with van der Waals surface area (Å²) in [5.74, 6) is 5.28. The van der Waals surface area contributed by atoms with Crippen LogP contribution in [-0.2, 0) is 0 Å². The smallest absolute Gasteiger partial charge is 0.136 e. The van der Waals surface area contributed by atoms with E-state index in [1.807, 2.05) is 0 Å². The molecule has 1 aromatic rings. The number of nitrogens with one attached hydrogen (secondary N) is 2. The zero-order valence-electron chi connectivity index (χ0n) is 12.7. The Bertz CT molecular complexity index is 452. The molecule has 0 bridgehead atoms. The first-order valence-corrected chi connectivity index (χ1v) is 8.13. The van der Waals surface area contributed by atoms with Crippen LogP contribution >= 0.6 is 0 Å². The van der Waals surface area contributed by atoms with Crippen molar-refractivity contribution in [2.24, 2.45) is 11.8 Å². The van der Waals surface area contributed by atoms with E-state index in [0.717, 1.165) is 48.8 Å². The Morgan fingerprint density at radius 2 is 1.85 bits per heavy atom. The van der Waals surface area contributed by atoms with Crippen LogP contribution in [0.25, 0.3) is 0 Å². The van der Waals surface area contributed by atoms with E-state index in [2.05, 4.69) is 35.5 Å². The van der Waals surface area contributed by atoms with Gasteiger partial charge in [0, 0.05) is 25.1 Å². The minimum Gasteiger partial charge on any atom is -0.370 e. The topological polar surface area (TPSA) is 49.8 Å². The monoisotopic (exact) mass is 274 g/mol. The standard InChI is InChI=1S/C16H26N4/c1-3-8-17-14-9-15(18-10-11(2)12-4-5-12)20-16(19-14)13-6-7-13/h9,11-13H,3-8,10H2,1-2H3,(H2,17,18,19,20). The fourth-order valence-corrected chi connectivity index (χ4v) is 2.52. The normalized spacial score (nSPS) is 19.7. The minimum absolute atomic E-state index is 0.597. The molecular formula is C16H26N4. The third-order valence-electron chi connectivity index (χ3n) is 4.27. The third kappa shape index (κ3) is 3.62. The first kappa shape index (κ1) is 13.7. The molecule has 1 atom stereocenters. The molecule has 0 saturated heterocycles. The predicted octanol–water partition coefficient (Wildman–Crippen LogP) is 3.63. The molecule has 110 valence electrons. The lowest BCUT2D eigenvalue weighted by Crippen LogP contribution is -2.15. The number of rotatable bonds is 8. The predicted molar refractivity (Wildman–Crippen MR) is 83.2 cm³/mol. The van der Waals surface area contributed by atoms with Gasteiger partial charge in [0.2, 0.25) is 0 Å². The Labute approximate surface area is 121 Å². The fraction of sp³-hybridized carbons (Fsp3) is 0.750. The van der Waals surface area contributed by atoms with Crippen molar-refractivity contribution in [3.63, 3.8) is 0 Å². The Kier molecular flexibility index (Phi) is 4.08. The van der Waals surface area contributed by atoms with E-state index >= 15 is 0 Å². The highest BCUT2D eigenvalue weighted by Crippen LogP contribution is 2.39. The van der Waals surface area contributed by atoms with Crippen LogP contribution in [0.5, 0.6) is 0 Å². The van der Waals surface area contributed by atoms with Gasteiger partial charge in [-0.05, 0) is 43.9 Å².